The van der Waals surface area contributed by atoms with E-state index in [1.54, 1.807) is 0 Å². The fourth-order valence-electron chi connectivity index (χ4n) is 3.17. The van der Waals surface area contributed by atoms with Crippen molar-refractivity contribution in [2.75, 3.05) is 20.6 Å². The number of hydrogen-bond acceptors (Lipinski definition) is 2. The van der Waals surface area contributed by atoms with Crippen molar-refractivity contribution in [3.05, 3.63) is 34.4 Å². The lowest BCUT2D eigenvalue weighted by Gasteiger charge is -2.31. The van der Waals surface area contributed by atoms with Gasteiger partial charge in [0.05, 0.1) is 0 Å². The van der Waals surface area contributed by atoms with Crippen LogP contribution in [0.5, 0.6) is 0 Å². The lowest BCUT2D eigenvalue weighted by atomic mass is 9.93. The molecule has 1 N–H and O–H groups in total. The van der Waals surface area contributed by atoms with Gasteiger partial charge in [0.1, 0.15) is 0 Å². The molecule has 120 valence electrons. The van der Waals surface area contributed by atoms with Gasteiger partial charge in [-0.1, -0.05) is 38.8 Å². The summed E-state index contributed by atoms with van der Waals surface area (Å²) < 4.78 is 0. The van der Waals surface area contributed by atoms with Gasteiger partial charge in [0, 0.05) is 19.1 Å². The van der Waals surface area contributed by atoms with Crippen molar-refractivity contribution in [2.24, 2.45) is 5.92 Å². The molecule has 0 radical (unpaired) electrons. The lowest BCUT2D eigenvalue weighted by molar-refractivity contribution is 0.194. The van der Waals surface area contributed by atoms with Gasteiger partial charge in [0.15, 0.2) is 0 Å². The highest BCUT2D eigenvalue weighted by molar-refractivity contribution is 5.36. The number of nitrogens with zero attached hydrogens (tertiary/aromatic N) is 1. The van der Waals surface area contributed by atoms with Gasteiger partial charge in [-0.05, 0) is 63.0 Å². The van der Waals surface area contributed by atoms with E-state index in [1.165, 1.54) is 35.1 Å². The first-order valence-corrected chi connectivity index (χ1v) is 8.34. The Labute approximate surface area is 131 Å². The van der Waals surface area contributed by atoms with Gasteiger partial charge in [-0.25, -0.2) is 0 Å². The monoisotopic (exact) mass is 290 g/mol. The molecule has 0 aliphatic carbocycles. The number of hydrogen-bond donors (Lipinski definition) is 1. The Hall–Kier alpha value is -0.860. The van der Waals surface area contributed by atoms with Crippen molar-refractivity contribution >= 4 is 0 Å². The lowest BCUT2D eigenvalue weighted by Crippen LogP contribution is -2.42. The van der Waals surface area contributed by atoms with Crippen LogP contribution in [-0.2, 0) is 6.54 Å². The van der Waals surface area contributed by atoms with Crippen molar-refractivity contribution in [1.29, 1.82) is 0 Å². The summed E-state index contributed by atoms with van der Waals surface area (Å²) in [7, 11) is 4.40. The van der Waals surface area contributed by atoms with Crippen LogP contribution >= 0.6 is 0 Å². The number of rotatable bonds is 8. The second-order valence-corrected chi connectivity index (χ2v) is 6.60. The first kappa shape index (κ1) is 18.2. The molecule has 0 bridgehead atoms. The molecule has 1 atom stereocenters. The highest BCUT2D eigenvalue weighted by atomic mass is 15.1. The van der Waals surface area contributed by atoms with E-state index in [1.807, 2.05) is 0 Å². The van der Waals surface area contributed by atoms with Crippen molar-refractivity contribution in [3.8, 4) is 0 Å². The molecule has 0 aliphatic rings. The second kappa shape index (κ2) is 8.55. The van der Waals surface area contributed by atoms with Crippen LogP contribution in [0.3, 0.4) is 0 Å². The second-order valence-electron chi connectivity index (χ2n) is 6.60. The SMILES string of the molecule is CCC(CC)C(CNCc1cc(C)c(C)cc1C)N(C)C. The van der Waals surface area contributed by atoms with Crippen LogP contribution in [0.2, 0.25) is 0 Å². The number of nitrogens with one attached hydrogen (secondary N) is 1. The summed E-state index contributed by atoms with van der Waals surface area (Å²) in [6, 6.07) is 5.25. The fourth-order valence-corrected chi connectivity index (χ4v) is 3.17. The zero-order valence-electron chi connectivity index (χ0n) is 15.1. The molecule has 0 spiro atoms. The molecule has 21 heavy (non-hydrogen) atoms. The molecule has 1 aromatic rings. The maximum absolute atomic E-state index is 3.68. The van der Waals surface area contributed by atoms with Crippen molar-refractivity contribution < 1.29 is 0 Å². The van der Waals surface area contributed by atoms with E-state index in [4.69, 9.17) is 0 Å². The molecule has 2 heteroatoms. The quantitative estimate of drug-likeness (QED) is 0.776. The molecule has 0 heterocycles. The Balaban J connectivity index is 2.64. The van der Waals surface area contributed by atoms with Crippen LogP contribution in [0.15, 0.2) is 12.1 Å². The molecule has 0 aliphatic heterocycles. The third-order valence-corrected chi connectivity index (χ3v) is 4.88. The Morgan fingerprint density at radius 1 is 0.952 bits per heavy atom. The van der Waals surface area contributed by atoms with Crippen LogP contribution in [-0.4, -0.2) is 31.6 Å². The summed E-state index contributed by atoms with van der Waals surface area (Å²) in [5, 5.41) is 3.68. The van der Waals surface area contributed by atoms with E-state index < -0.39 is 0 Å². The normalized spacial score (nSPS) is 13.2. The highest BCUT2D eigenvalue weighted by Crippen LogP contribution is 2.18. The van der Waals surface area contributed by atoms with Gasteiger partial charge in [-0.3, -0.25) is 0 Å². The average Bonchev–Trinajstić information content (AvgIpc) is 2.43. The fraction of sp³-hybridized carbons (Fsp3) is 0.684. The van der Waals surface area contributed by atoms with E-state index in [0.29, 0.717) is 6.04 Å². The maximum Gasteiger partial charge on any atom is 0.0242 e. The Kier molecular flexibility index (Phi) is 7.41. The zero-order chi connectivity index (χ0) is 16.0. The van der Waals surface area contributed by atoms with Crippen LogP contribution in [0.4, 0.5) is 0 Å². The molecule has 0 saturated heterocycles. The first-order valence-electron chi connectivity index (χ1n) is 8.34. The first-order chi connectivity index (χ1) is 9.90. The minimum atomic E-state index is 0.617. The Bertz CT molecular complexity index is 433. The molecule has 0 saturated carbocycles. The summed E-state index contributed by atoms with van der Waals surface area (Å²) >= 11 is 0. The van der Waals surface area contributed by atoms with E-state index in [-0.39, 0.29) is 0 Å². The zero-order valence-corrected chi connectivity index (χ0v) is 15.1. The van der Waals surface area contributed by atoms with E-state index in [0.717, 1.165) is 19.0 Å². The summed E-state index contributed by atoms with van der Waals surface area (Å²) in [5.41, 5.74) is 5.61. The Morgan fingerprint density at radius 3 is 2.05 bits per heavy atom. The van der Waals surface area contributed by atoms with Crippen LogP contribution < -0.4 is 5.32 Å². The smallest absolute Gasteiger partial charge is 0.0242 e. The van der Waals surface area contributed by atoms with E-state index in [9.17, 15) is 0 Å². The molecular weight excluding hydrogens is 256 g/mol. The van der Waals surface area contributed by atoms with Gasteiger partial charge >= 0.3 is 0 Å². The van der Waals surface area contributed by atoms with Crippen molar-refractivity contribution in [3.63, 3.8) is 0 Å². The molecule has 2 nitrogen and oxygen atoms in total. The molecule has 1 unspecified atom stereocenters. The summed E-state index contributed by atoms with van der Waals surface area (Å²) in [6.07, 6.45) is 2.51. The van der Waals surface area contributed by atoms with Gasteiger partial charge in [-0.2, -0.15) is 0 Å². The van der Waals surface area contributed by atoms with Gasteiger partial charge in [0.25, 0.3) is 0 Å². The van der Waals surface area contributed by atoms with Crippen molar-refractivity contribution in [2.45, 2.75) is 60.0 Å². The third kappa shape index (κ3) is 5.12. The highest BCUT2D eigenvalue weighted by Gasteiger charge is 2.20. The Morgan fingerprint density at radius 2 is 1.52 bits per heavy atom. The largest absolute Gasteiger partial charge is 0.311 e. The average molecular weight is 290 g/mol. The van der Waals surface area contributed by atoms with E-state index in [2.05, 4.69) is 71.1 Å². The minimum Gasteiger partial charge on any atom is -0.311 e. The predicted octanol–water partition coefficient (Wildman–Crippen LogP) is 4.07. The standard InChI is InChI=1S/C19H34N2/c1-8-17(9-2)19(21(6)7)13-20-12-18-11-15(4)14(3)10-16(18)5/h10-11,17,19-20H,8-9,12-13H2,1-7H3. The van der Waals surface area contributed by atoms with Gasteiger partial charge < -0.3 is 10.2 Å². The molecule has 0 amide bonds. The number of aryl methyl sites for hydroxylation is 3. The van der Waals surface area contributed by atoms with Crippen LogP contribution in [0, 0.1) is 26.7 Å². The molecular formula is C19H34N2. The summed E-state index contributed by atoms with van der Waals surface area (Å²) in [6.45, 7) is 13.2. The van der Waals surface area contributed by atoms with Crippen LogP contribution in [0.25, 0.3) is 0 Å². The third-order valence-electron chi connectivity index (χ3n) is 4.88. The predicted molar refractivity (Wildman–Crippen MR) is 93.9 cm³/mol. The van der Waals surface area contributed by atoms with E-state index >= 15 is 0 Å². The van der Waals surface area contributed by atoms with Crippen LogP contribution in [0.1, 0.15) is 48.9 Å². The minimum absolute atomic E-state index is 0.617. The van der Waals surface area contributed by atoms with Gasteiger partial charge in [0.2, 0.25) is 0 Å². The summed E-state index contributed by atoms with van der Waals surface area (Å²) in [4.78, 5) is 2.37. The maximum atomic E-state index is 3.68. The molecule has 0 fully saturated rings. The topological polar surface area (TPSA) is 15.3 Å². The molecule has 0 aromatic heterocycles. The summed E-state index contributed by atoms with van der Waals surface area (Å²) in [5.74, 6) is 0.772. The molecule has 1 aromatic carbocycles. The molecule has 1 rings (SSSR count). The van der Waals surface area contributed by atoms with Gasteiger partial charge in [-0.15, -0.1) is 0 Å². The number of benzene rings is 1. The number of likely N-dealkylation sites (N-methyl/N-ethyl adjacent to an activating group) is 1. The van der Waals surface area contributed by atoms with Crippen molar-refractivity contribution in [1.82, 2.24) is 10.2 Å².